The molecule has 0 aliphatic rings. The SMILES string of the molecule is Cc1cc(C(=O)NC(CCBr)C(C)(C)C)ccc1[N+](=O)[O-]. The van der Waals surface area contributed by atoms with E-state index in [9.17, 15) is 14.9 Å². The van der Waals surface area contributed by atoms with Crippen LogP contribution in [-0.4, -0.2) is 22.2 Å². The summed E-state index contributed by atoms with van der Waals surface area (Å²) in [5.41, 5.74) is 0.904. The van der Waals surface area contributed by atoms with E-state index in [2.05, 4.69) is 42.0 Å². The summed E-state index contributed by atoms with van der Waals surface area (Å²) in [5, 5.41) is 14.6. The summed E-state index contributed by atoms with van der Waals surface area (Å²) in [4.78, 5) is 22.7. The Morgan fingerprint density at radius 3 is 2.48 bits per heavy atom. The van der Waals surface area contributed by atoms with E-state index in [1.54, 1.807) is 13.0 Å². The number of aryl methyl sites for hydroxylation is 1. The Kier molecular flexibility index (Phi) is 5.89. The van der Waals surface area contributed by atoms with Crippen molar-refractivity contribution in [3.8, 4) is 0 Å². The van der Waals surface area contributed by atoms with Gasteiger partial charge in [-0.25, -0.2) is 0 Å². The maximum atomic E-state index is 12.3. The third kappa shape index (κ3) is 4.81. The summed E-state index contributed by atoms with van der Waals surface area (Å²) in [6, 6.07) is 4.45. The van der Waals surface area contributed by atoms with Gasteiger partial charge in [-0.15, -0.1) is 0 Å². The molecule has 1 N–H and O–H groups in total. The highest BCUT2D eigenvalue weighted by Crippen LogP contribution is 2.24. The summed E-state index contributed by atoms with van der Waals surface area (Å²) < 4.78 is 0. The summed E-state index contributed by atoms with van der Waals surface area (Å²) in [5.74, 6) is -0.200. The molecule has 0 saturated heterocycles. The molecule has 0 heterocycles. The average molecular weight is 357 g/mol. The van der Waals surface area contributed by atoms with Crippen LogP contribution in [-0.2, 0) is 0 Å². The van der Waals surface area contributed by atoms with E-state index in [0.717, 1.165) is 11.8 Å². The monoisotopic (exact) mass is 356 g/mol. The van der Waals surface area contributed by atoms with Gasteiger partial charge in [0, 0.05) is 28.6 Å². The molecule has 1 atom stereocenters. The number of hydrogen-bond acceptors (Lipinski definition) is 3. The Morgan fingerprint density at radius 2 is 2.05 bits per heavy atom. The summed E-state index contributed by atoms with van der Waals surface area (Å²) in [7, 11) is 0. The highest BCUT2D eigenvalue weighted by Gasteiger charge is 2.26. The van der Waals surface area contributed by atoms with E-state index in [1.807, 2.05) is 0 Å². The second kappa shape index (κ2) is 7.02. The molecule has 0 fully saturated rings. The van der Waals surface area contributed by atoms with E-state index in [1.165, 1.54) is 12.1 Å². The number of carbonyl (C=O) groups excluding carboxylic acids is 1. The molecule has 0 spiro atoms. The number of nitro groups is 1. The summed E-state index contributed by atoms with van der Waals surface area (Å²) >= 11 is 3.40. The van der Waals surface area contributed by atoms with E-state index in [-0.39, 0.29) is 23.1 Å². The van der Waals surface area contributed by atoms with Crippen LogP contribution < -0.4 is 5.32 Å². The van der Waals surface area contributed by atoms with Gasteiger partial charge in [0.15, 0.2) is 0 Å². The summed E-state index contributed by atoms with van der Waals surface area (Å²) in [6.07, 6.45) is 0.821. The zero-order valence-corrected chi connectivity index (χ0v) is 14.4. The molecule has 0 saturated carbocycles. The lowest BCUT2D eigenvalue weighted by atomic mass is 9.85. The second-order valence-electron chi connectivity index (χ2n) is 6.13. The lowest BCUT2D eigenvalue weighted by molar-refractivity contribution is -0.385. The maximum Gasteiger partial charge on any atom is 0.272 e. The molecule has 1 rings (SSSR count). The number of benzene rings is 1. The van der Waals surface area contributed by atoms with Gasteiger partial charge in [0.05, 0.1) is 4.92 Å². The number of amides is 1. The molecule has 0 aliphatic carbocycles. The van der Waals surface area contributed by atoms with Crippen molar-refractivity contribution in [3.63, 3.8) is 0 Å². The van der Waals surface area contributed by atoms with Gasteiger partial charge in [0.1, 0.15) is 0 Å². The normalized spacial score (nSPS) is 12.8. The minimum atomic E-state index is -0.445. The standard InChI is InChI=1S/C15H21BrN2O3/c1-10-9-11(5-6-12(10)18(20)21)14(19)17-13(7-8-16)15(2,3)4/h5-6,9,13H,7-8H2,1-4H3,(H,17,19). The molecule has 1 amide bonds. The van der Waals surface area contributed by atoms with E-state index in [4.69, 9.17) is 0 Å². The van der Waals surface area contributed by atoms with E-state index in [0.29, 0.717) is 11.1 Å². The van der Waals surface area contributed by atoms with Crippen LogP contribution in [0.5, 0.6) is 0 Å². The molecule has 1 aromatic rings. The van der Waals surface area contributed by atoms with Crippen LogP contribution in [0.4, 0.5) is 5.69 Å². The predicted molar refractivity (Wildman–Crippen MR) is 87.0 cm³/mol. The zero-order valence-electron chi connectivity index (χ0n) is 12.8. The molecule has 0 radical (unpaired) electrons. The summed E-state index contributed by atoms with van der Waals surface area (Å²) in [6.45, 7) is 7.85. The largest absolute Gasteiger partial charge is 0.349 e. The van der Waals surface area contributed by atoms with Crippen molar-refractivity contribution < 1.29 is 9.72 Å². The minimum Gasteiger partial charge on any atom is -0.349 e. The third-order valence-corrected chi connectivity index (χ3v) is 3.86. The lowest BCUT2D eigenvalue weighted by Gasteiger charge is -2.31. The van der Waals surface area contributed by atoms with Gasteiger partial charge in [-0.2, -0.15) is 0 Å². The van der Waals surface area contributed by atoms with Crippen LogP contribution in [0.1, 0.15) is 43.1 Å². The minimum absolute atomic E-state index is 0.0272. The molecular weight excluding hydrogens is 336 g/mol. The number of carbonyl (C=O) groups is 1. The van der Waals surface area contributed by atoms with Crippen molar-refractivity contribution in [3.05, 3.63) is 39.4 Å². The van der Waals surface area contributed by atoms with Gasteiger partial charge in [0.25, 0.3) is 11.6 Å². The van der Waals surface area contributed by atoms with Crippen molar-refractivity contribution in [1.29, 1.82) is 0 Å². The first-order chi connectivity index (χ1) is 9.66. The highest BCUT2D eigenvalue weighted by atomic mass is 79.9. The van der Waals surface area contributed by atoms with Crippen LogP contribution in [0.2, 0.25) is 0 Å². The smallest absolute Gasteiger partial charge is 0.272 e. The maximum absolute atomic E-state index is 12.3. The third-order valence-electron chi connectivity index (χ3n) is 3.40. The Labute approximate surface area is 133 Å². The van der Waals surface area contributed by atoms with Gasteiger partial charge in [-0.1, -0.05) is 36.7 Å². The number of rotatable bonds is 5. The molecule has 1 unspecified atom stereocenters. The highest BCUT2D eigenvalue weighted by molar-refractivity contribution is 9.09. The van der Waals surface area contributed by atoms with E-state index < -0.39 is 4.92 Å². The lowest BCUT2D eigenvalue weighted by Crippen LogP contribution is -2.44. The van der Waals surface area contributed by atoms with Crippen LogP contribution in [0.3, 0.4) is 0 Å². The van der Waals surface area contributed by atoms with Crippen LogP contribution in [0.25, 0.3) is 0 Å². The number of hydrogen-bond donors (Lipinski definition) is 1. The van der Waals surface area contributed by atoms with Gasteiger partial charge in [-0.05, 0) is 30.9 Å². The van der Waals surface area contributed by atoms with Gasteiger partial charge >= 0.3 is 0 Å². The Hall–Kier alpha value is -1.43. The molecule has 0 aliphatic heterocycles. The Bertz CT molecular complexity index is 538. The van der Waals surface area contributed by atoms with Crippen LogP contribution >= 0.6 is 15.9 Å². The van der Waals surface area contributed by atoms with Crippen molar-refractivity contribution >= 4 is 27.5 Å². The van der Waals surface area contributed by atoms with Crippen molar-refractivity contribution in [2.45, 2.75) is 40.2 Å². The number of nitrogens with one attached hydrogen (secondary N) is 1. The first kappa shape index (κ1) is 17.6. The molecule has 5 nitrogen and oxygen atoms in total. The molecule has 6 heteroatoms. The van der Waals surface area contributed by atoms with Gasteiger partial charge in [-0.3, -0.25) is 14.9 Å². The van der Waals surface area contributed by atoms with Crippen molar-refractivity contribution in [2.24, 2.45) is 5.41 Å². The number of nitrogens with zero attached hydrogens (tertiary/aromatic N) is 1. The fourth-order valence-electron chi connectivity index (χ4n) is 2.07. The first-order valence-electron chi connectivity index (χ1n) is 6.78. The molecule has 1 aromatic carbocycles. The van der Waals surface area contributed by atoms with Crippen LogP contribution in [0, 0.1) is 22.5 Å². The second-order valence-corrected chi connectivity index (χ2v) is 6.92. The number of halogens is 1. The average Bonchev–Trinajstić information content (AvgIpc) is 2.36. The molecule has 0 aromatic heterocycles. The van der Waals surface area contributed by atoms with Crippen LogP contribution in [0.15, 0.2) is 18.2 Å². The first-order valence-corrected chi connectivity index (χ1v) is 7.91. The molecular formula is C15H21BrN2O3. The topological polar surface area (TPSA) is 72.2 Å². The fraction of sp³-hybridized carbons (Fsp3) is 0.533. The Balaban J connectivity index is 2.93. The van der Waals surface area contributed by atoms with Gasteiger partial charge < -0.3 is 5.32 Å². The van der Waals surface area contributed by atoms with E-state index >= 15 is 0 Å². The number of alkyl halides is 1. The Morgan fingerprint density at radius 1 is 1.43 bits per heavy atom. The van der Waals surface area contributed by atoms with Crippen molar-refractivity contribution in [1.82, 2.24) is 5.32 Å². The molecule has 116 valence electrons. The predicted octanol–water partition coefficient (Wildman–Crippen LogP) is 3.83. The number of nitro benzene ring substituents is 1. The molecule has 21 heavy (non-hydrogen) atoms. The molecule has 0 bridgehead atoms. The van der Waals surface area contributed by atoms with Crippen molar-refractivity contribution in [2.75, 3.05) is 5.33 Å². The van der Waals surface area contributed by atoms with Gasteiger partial charge in [0.2, 0.25) is 0 Å². The zero-order chi connectivity index (χ0) is 16.2. The fourth-order valence-corrected chi connectivity index (χ4v) is 2.53. The quantitative estimate of drug-likeness (QED) is 0.494.